The first-order valence-electron chi connectivity index (χ1n) is 12.9. The average molecular weight is 483 g/mol. The number of piperazine rings is 1. The number of benzene rings is 1. The van der Waals surface area contributed by atoms with Crippen molar-refractivity contribution in [2.75, 3.05) is 45.9 Å². The molecule has 0 unspecified atom stereocenters. The highest BCUT2D eigenvalue weighted by atomic mass is 16.5. The van der Waals surface area contributed by atoms with Crippen LogP contribution in [0.3, 0.4) is 0 Å². The molecule has 0 radical (unpaired) electrons. The second kappa shape index (κ2) is 12.2. The third kappa shape index (κ3) is 6.21. The van der Waals surface area contributed by atoms with E-state index in [0.29, 0.717) is 17.7 Å². The molecule has 0 N–H and O–H groups in total. The summed E-state index contributed by atoms with van der Waals surface area (Å²) in [5, 5.41) is 0. The van der Waals surface area contributed by atoms with Crippen LogP contribution in [0, 0.1) is 0 Å². The summed E-state index contributed by atoms with van der Waals surface area (Å²) >= 11 is 0. The summed E-state index contributed by atoms with van der Waals surface area (Å²) in [6, 6.07) is 9.98. The van der Waals surface area contributed by atoms with Crippen LogP contribution in [0.4, 0.5) is 0 Å². The second-order valence-electron chi connectivity index (χ2n) is 9.31. The van der Waals surface area contributed by atoms with Crippen LogP contribution in [0.5, 0.6) is 5.75 Å². The molecule has 3 heterocycles. The quantitative estimate of drug-likeness (QED) is 0.368. The molecule has 9 nitrogen and oxygen atoms in total. The number of nitrogens with zero attached hydrogens (tertiary/aromatic N) is 6. The van der Waals surface area contributed by atoms with Gasteiger partial charge in [-0.05, 0) is 37.9 Å². The van der Waals surface area contributed by atoms with Crippen molar-refractivity contribution in [3.63, 3.8) is 0 Å². The van der Waals surface area contributed by atoms with Crippen molar-refractivity contribution in [1.29, 1.82) is 0 Å². The molecular formula is C26H38N6O3. The highest BCUT2D eigenvalue weighted by Crippen LogP contribution is 2.11. The molecular weight excluding hydrogens is 444 g/mol. The van der Waals surface area contributed by atoms with Gasteiger partial charge in [-0.25, -0.2) is 9.78 Å². The van der Waals surface area contributed by atoms with Crippen LogP contribution in [0.1, 0.15) is 32.6 Å². The van der Waals surface area contributed by atoms with Crippen LogP contribution in [-0.4, -0.2) is 74.4 Å². The number of imidazole rings is 1. The number of unbranched alkanes of at least 4 members (excludes halogenated alkanes) is 1. The molecule has 1 saturated heterocycles. The monoisotopic (exact) mass is 482 g/mol. The van der Waals surface area contributed by atoms with E-state index < -0.39 is 0 Å². The molecule has 0 amide bonds. The van der Waals surface area contributed by atoms with Crippen LogP contribution < -0.4 is 16.0 Å². The molecule has 190 valence electrons. The first-order chi connectivity index (χ1) is 17.1. The number of fused-ring (bicyclic) bond motifs is 1. The van der Waals surface area contributed by atoms with E-state index in [4.69, 9.17) is 4.74 Å². The maximum Gasteiger partial charge on any atom is 0.332 e. The zero-order chi connectivity index (χ0) is 24.6. The van der Waals surface area contributed by atoms with Crippen molar-refractivity contribution < 1.29 is 4.74 Å². The maximum atomic E-state index is 12.8. The topological polar surface area (TPSA) is 77.5 Å². The smallest absolute Gasteiger partial charge is 0.332 e. The van der Waals surface area contributed by atoms with E-state index in [2.05, 4.69) is 21.7 Å². The number of hydrogen-bond donors (Lipinski definition) is 0. The maximum absolute atomic E-state index is 12.8. The van der Waals surface area contributed by atoms with Gasteiger partial charge in [-0.15, -0.1) is 0 Å². The van der Waals surface area contributed by atoms with Crippen molar-refractivity contribution in [3.05, 3.63) is 57.5 Å². The molecule has 1 aromatic carbocycles. The summed E-state index contributed by atoms with van der Waals surface area (Å²) in [7, 11) is 1.55. The standard InChI is InChI=1S/C26H38N6O3/c1-3-4-15-32-24-23(25(33)28(2)26(32)34)31(21-27-24)14-8-12-29-16-18-30(19-17-29)13-9-20-35-22-10-6-5-7-11-22/h5-7,10-11,21H,3-4,8-9,12-20H2,1-2H3. The zero-order valence-corrected chi connectivity index (χ0v) is 21.1. The summed E-state index contributed by atoms with van der Waals surface area (Å²) in [6.07, 6.45) is 5.54. The Bertz CT molecular complexity index is 1190. The van der Waals surface area contributed by atoms with Gasteiger partial charge in [-0.3, -0.25) is 13.9 Å². The molecule has 4 rings (SSSR count). The Kier molecular flexibility index (Phi) is 8.76. The van der Waals surface area contributed by atoms with E-state index >= 15 is 0 Å². The molecule has 9 heteroatoms. The number of hydrogen-bond acceptors (Lipinski definition) is 6. The molecule has 0 spiro atoms. The molecule has 1 fully saturated rings. The fourth-order valence-corrected chi connectivity index (χ4v) is 4.69. The van der Waals surface area contributed by atoms with Gasteiger partial charge in [0.25, 0.3) is 5.56 Å². The van der Waals surface area contributed by atoms with Gasteiger partial charge in [0.05, 0.1) is 12.9 Å². The lowest BCUT2D eigenvalue weighted by Gasteiger charge is -2.34. The molecule has 3 aromatic rings. The average Bonchev–Trinajstić information content (AvgIpc) is 3.30. The van der Waals surface area contributed by atoms with E-state index in [0.717, 1.165) is 83.9 Å². The lowest BCUT2D eigenvalue weighted by atomic mass is 10.2. The van der Waals surface area contributed by atoms with Gasteiger partial charge in [-0.1, -0.05) is 31.5 Å². The Morgan fingerprint density at radius 2 is 1.57 bits per heavy atom. The van der Waals surface area contributed by atoms with Crippen molar-refractivity contribution in [1.82, 2.24) is 28.5 Å². The largest absolute Gasteiger partial charge is 0.494 e. The molecule has 2 aromatic heterocycles. The highest BCUT2D eigenvalue weighted by molar-refractivity contribution is 5.70. The zero-order valence-electron chi connectivity index (χ0n) is 21.1. The molecule has 1 aliphatic rings. The minimum atomic E-state index is -0.286. The number of aromatic nitrogens is 4. The van der Waals surface area contributed by atoms with Crippen LogP contribution in [0.15, 0.2) is 46.2 Å². The van der Waals surface area contributed by atoms with Gasteiger partial charge in [0, 0.05) is 52.9 Å². The number of rotatable bonds is 12. The van der Waals surface area contributed by atoms with Gasteiger partial charge >= 0.3 is 5.69 Å². The van der Waals surface area contributed by atoms with Crippen LogP contribution >= 0.6 is 0 Å². The lowest BCUT2D eigenvalue weighted by molar-refractivity contribution is 0.124. The molecule has 0 saturated carbocycles. The Hall–Kier alpha value is -2.91. The molecule has 0 bridgehead atoms. The SMILES string of the molecule is CCCCn1c(=O)n(C)c(=O)c2c1ncn2CCCN1CCN(CCCOc2ccccc2)CC1. The van der Waals surface area contributed by atoms with Gasteiger partial charge in [0.15, 0.2) is 11.2 Å². The van der Waals surface area contributed by atoms with Crippen LogP contribution in [0.2, 0.25) is 0 Å². The van der Waals surface area contributed by atoms with E-state index in [1.165, 1.54) is 4.57 Å². The van der Waals surface area contributed by atoms with E-state index in [1.807, 2.05) is 34.9 Å². The summed E-state index contributed by atoms with van der Waals surface area (Å²) < 4.78 is 10.6. The third-order valence-electron chi connectivity index (χ3n) is 6.80. The second-order valence-corrected chi connectivity index (χ2v) is 9.31. The summed E-state index contributed by atoms with van der Waals surface area (Å²) in [4.78, 5) is 34.8. The summed E-state index contributed by atoms with van der Waals surface area (Å²) in [6.45, 7) is 10.4. The Morgan fingerprint density at radius 1 is 0.886 bits per heavy atom. The first-order valence-corrected chi connectivity index (χ1v) is 12.9. The van der Waals surface area contributed by atoms with E-state index in [-0.39, 0.29) is 11.2 Å². The van der Waals surface area contributed by atoms with Gasteiger partial charge < -0.3 is 19.1 Å². The molecule has 35 heavy (non-hydrogen) atoms. The number of aryl methyl sites for hydroxylation is 2. The minimum Gasteiger partial charge on any atom is -0.494 e. The normalized spacial score (nSPS) is 15.1. The van der Waals surface area contributed by atoms with Crippen LogP contribution in [-0.2, 0) is 20.1 Å². The van der Waals surface area contributed by atoms with Gasteiger partial charge in [-0.2, -0.15) is 0 Å². The predicted molar refractivity (Wildman–Crippen MR) is 138 cm³/mol. The van der Waals surface area contributed by atoms with E-state index in [9.17, 15) is 9.59 Å². The molecule has 1 aliphatic heterocycles. The van der Waals surface area contributed by atoms with Crippen molar-refractivity contribution in [2.24, 2.45) is 7.05 Å². The third-order valence-corrected chi connectivity index (χ3v) is 6.80. The Labute approximate surface area is 206 Å². The lowest BCUT2D eigenvalue weighted by Crippen LogP contribution is -2.47. The fourth-order valence-electron chi connectivity index (χ4n) is 4.69. The summed E-state index contributed by atoms with van der Waals surface area (Å²) in [5.41, 5.74) is 0.493. The first kappa shape index (κ1) is 25.2. The van der Waals surface area contributed by atoms with E-state index in [1.54, 1.807) is 17.9 Å². The predicted octanol–water partition coefficient (Wildman–Crippen LogP) is 2.17. The Balaban J connectivity index is 1.23. The molecule has 0 aliphatic carbocycles. The molecule has 0 atom stereocenters. The Morgan fingerprint density at radius 3 is 2.26 bits per heavy atom. The summed E-state index contributed by atoms with van der Waals surface area (Å²) in [5.74, 6) is 0.935. The number of ether oxygens (including phenoxy) is 1. The highest BCUT2D eigenvalue weighted by Gasteiger charge is 2.18. The fraction of sp³-hybridized carbons (Fsp3) is 0.577. The van der Waals surface area contributed by atoms with Crippen LogP contribution in [0.25, 0.3) is 11.2 Å². The van der Waals surface area contributed by atoms with Gasteiger partial charge in [0.1, 0.15) is 5.75 Å². The van der Waals surface area contributed by atoms with Crippen molar-refractivity contribution >= 4 is 11.2 Å². The van der Waals surface area contributed by atoms with Crippen molar-refractivity contribution in [3.8, 4) is 5.75 Å². The van der Waals surface area contributed by atoms with Gasteiger partial charge in [0.2, 0.25) is 0 Å². The number of para-hydroxylation sites is 1. The van der Waals surface area contributed by atoms with Crippen molar-refractivity contribution in [2.45, 2.75) is 45.7 Å². The minimum absolute atomic E-state index is 0.264.